The van der Waals surface area contributed by atoms with Gasteiger partial charge in [0.2, 0.25) is 0 Å². The third-order valence-corrected chi connectivity index (χ3v) is 2.29. The van der Waals surface area contributed by atoms with Gasteiger partial charge in [0.15, 0.2) is 0 Å². The highest BCUT2D eigenvalue weighted by atomic mass is 16.5. The van der Waals surface area contributed by atoms with Crippen molar-refractivity contribution in [3.8, 4) is 0 Å². The Morgan fingerprint density at radius 1 is 1.67 bits per heavy atom. The third kappa shape index (κ3) is 2.59. The van der Waals surface area contributed by atoms with E-state index in [2.05, 4.69) is 18.8 Å². The summed E-state index contributed by atoms with van der Waals surface area (Å²) in [7, 11) is 0. The maximum absolute atomic E-state index is 5.72. The van der Waals surface area contributed by atoms with E-state index in [9.17, 15) is 0 Å². The molecule has 0 amide bonds. The highest BCUT2D eigenvalue weighted by Gasteiger charge is 2.29. The van der Waals surface area contributed by atoms with Gasteiger partial charge in [0, 0.05) is 13.1 Å². The van der Waals surface area contributed by atoms with Gasteiger partial charge in [-0.2, -0.15) is 0 Å². The van der Waals surface area contributed by atoms with Crippen molar-refractivity contribution < 1.29 is 4.74 Å². The molecule has 1 aliphatic heterocycles. The van der Waals surface area contributed by atoms with Crippen LogP contribution in [0.1, 0.15) is 19.8 Å². The molecule has 0 aromatic carbocycles. The summed E-state index contributed by atoms with van der Waals surface area (Å²) in [6, 6.07) is 0. The zero-order valence-corrected chi connectivity index (χ0v) is 7.94. The molecule has 0 spiro atoms. The van der Waals surface area contributed by atoms with Gasteiger partial charge in [0.1, 0.15) is 0 Å². The van der Waals surface area contributed by atoms with Crippen LogP contribution in [0.5, 0.6) is 0 Å². The topological polar surface area (TPSA) is 56.3 Å². The van der Waals surface area contributed by atoms with Crippen LogP contribution in [0.15, 0.2) is 12.7 Å². The molecule has 72 valence electrons. The first kappa shape index (κ1) is 11.6. The number of ether oxygens (including phenoxy) is 1. The van der Waals surface area contributed by atoms with E-state index >= 15 is 0 Å². The maximum atomic E-state index is 5.72. The quantitative estimate of drug-likeness (QED) is 0.634. The van der Waals surface area contributed by atoms with Crippen molar-refractivity contribution in [2.45, 2.75) is 25.4 Å². The molecule has 0 saturated carbocycles. The van der Waals surface area contributed by atoms with Crippen molar-refractivity contribution in [2.24, 2.45) is 0 Å². The summed E-state index contributed by atoms with van der Waals surface area (Å²) in [5, 5.41) is 3.34. The molecule has 12 heavy (non-hydrogen) atoms. The van der Waals surface area contributed by atoms with E-state index in [1.54, 1.807) is 0 Å². The van der Waals surface area contributed by atoms with Crippen LogP contribution in [-0.4, -0.2) is 25.3 Å². The van der Waals surface area contributed by atoms with Crippen LogP contribution >= 0.6 is 0 Å². The van der Waals surface area contributed by atoms with E-state index < -0.39 is 0 Å². The number of nitrogens with one attached hydrogen (secondary N) is 1. The second-order valence-electron chi connectivity index (χ2n) is 3.05. The molecule has 0 radical (unpaired) electrons. The Hall–Kier alpha value is -0.380. The van der Waals surface area contributed by atoms with Gasteiger partial charge in [-0.3, -0.25) is 0 Å². The van der Waals surface area contributed by atoms with Gasteiger partial charge in [-0.05, 0) is 12.8 Å². The highest BCUT2D eigenvalue weighted by molar-refractivity contribution is 4.91. The minimum atomic E-state index is 0. The summed E-state index contributed by atoms with van der Waals surface area (Å²) in [4.78, 5) is 0. The van der Waals surface area contributed by atoms with Crippen LogP contribution in [-0.2, 0) is 4.74 Å². The Morgan fingerprint density at radius 3 is 2.83 bits per heavy atom. The summed E-state index contributed by atoms with van der Waals surface area (Å²) >= 11 is 0. The molecular weight excluding hydrogens is 152 g/mol. The predicted molar refractivity (Wildman–Crippen MR) is 51.7 cm³/mol. The summed E-state index contributed by atoms with van der Waals surface area (Å²) in [5.74, 6) is 0. The van der Waals surface area contributed by atoms with Crippen molar-refractivity contribution in [1.82, 2.24) is 11.5 Å². The van der Waals surface area contributed by atoms with Crippen molar-refractivity contribution in [3.05, 3.63) is 12.7 Å². The van der Waals surface area contributed by atoms with Crippen LogP contribution in [0.3, 0.4) is 0 Å². The van der Waals surface area contributed by atoms with Gasteiger partial charge >= 0.3 is 0 Å². The molecule has 1 rings (SSSR count). The van der Waals surface area contributed by atoms with Crippen molar-refractivity contribution in [1.29, 1.82) is 0 Å². The average molecular weight is 172 g/mol. The minimum absolute atomic E-state index is 0. The third-order valence-electron chi connectivity index (χ3n) is 2.29. The first-order valence-electron chi connectivity index (χ1n) is 4.28. The first-order chi connectivity index (χ1) is 5.33. The van der Waals surface area contributed by atoms with Crippen LogP contribution < -0.4 is 11.5 Å². The van der Waals surface area contributed by atoms with E-state index in [1.165, 1.54) is 0 Å². The van der Waals surface area contributed by atoms with Gasteiger partial charge in [-0.15, -0.1) is 6.58 Å². The Morgan fingerprint density at radius 2 is 2.42 bits per heavy atom. The molecule has 0 aliphatic carbocycles. The Balaban J connectivity index is 0.00000121. The predicted octanol–water partition coefficient (Wildman–Crippen LogP) is 1.49. The lowest BCUT2D eigenvalue weighted by Crippen LogP contribution is -2.49. The van der Waals surface area contributed by atoms with Crippen molar-refractivity contribution >= 4 is 0 Å². The van der Waals surface area contributed by atoms with Crippen LogP contribution in [0.4, 0.5) is 0 Å². The van der Waals surface area contributed by atoms with Crippen molar-refractivity contribution in [2.75, 3.05) is 19.7 Å². The first-order valence-corrected chi connectivity index (χ1v) is 4.28. The van der Waals surface area contributed by atoms with Gasteiger partial charge in [-0.25, -0.2) is 0 Å². The van der Waals surface area contributed by atoms with E-state index in [1.807, 2.05) is 6.08 Å². The second kappa shape index (κ2) is 5.30. The number of hydrogen-bond donors (Lipinski definition) is 2. The van der Waals surface area contributed by atoms with E-state index in [-0.39, 0.29) is 11.8 Å². The average Bonchev–Trinajstić information content (AvgIpc) is 2.07. The molecule has 0 aromatic heterocycles. The molecular formula is C9H20N2O. The molecule has 3 heteroatoms. The molecule has 1 heterocycles. The molecule has 1 aliphatic rings. The smallest absolute Gasteiger partial charge is 0.0838 e. The van der Waals surface area contributed by atoms with Crippen molar-refractivity contribution in [3.63, 3.8) is 0 Å². The lowest BCUT2D eigenvalue weighted by atomic mass is 9.95. The number of hydrogen-bond acceptors (Lipinski definition) is 3. The Kier molecular flexibility index (Phi) is 5.13. The summed E-state index contributed by atoms with van der Waals surface area (Å²) in [6.07, 6.45) is 3.96. The van der Waals surface area contributed by atoms with E-state index in [4.69, 9.17) is 4.74 Å². The number of morpholine rings is 1. The molecule has 1 saturated heterocycles. The fraction of sp³-hybridized carbons (Fsp3) is 0.778. The van der Waals surface area contributed by atoms with Gasteiger partial charge in [0.25, 0.3) is 0 Å². The molecule has 3 nitrogen and oxygen atoms in total. The standard InChI is InChI=1S/C9H17NO.H3N/c1-3-5-9(4-2)8-10-6-7-11-9;/h3,10H,1,4-8H2,2H3;1H3. The van der Waals surface area contributed by atoms with Gasteiger partial charge in [-0.1, -0.05) is 13.0 Å². The molecule has 0 bridgehead atoms. The summed E-state index contributed by atoms with van der Waals surface area (Å²) in [5.41, 5.74) is 0.0417. The molecule has 1 fully saturated rings. The largest absolute Gasteiger partial charge is 0.372 e. The molecule has 1 atom stereocenters. The van der Waals surface area contributed by atoms with E-state index in [0.717, 1.165) is 32.5 Å². The SMILES string of the molecule is C=CCC1(CC)CNCCO1.N. The Labute approximate surface area is 74.8 Å². The molecule has 0 aromatic rings. The lowest BCUT2D eigenvalue weighted by Gasteiger charge is -2.36. The number of rotatable bonds is 3. The highest BCUT2D eigenvalue weighted by Crippen LogP contribution is 2.21. The normalized spacial score (nSPS) is 29.1. The molecule has 4 N–H and O–H groups in total. The Bertz CT molecular complexity index is 130. The minimum Gasteiger partial charge on any atom is -0.372 e. The fourth-order valence-corrected chi connectivity index (χ4v) is 1.47. The maximum Gasteiger partial charge on any atom is 0.0838 e. The van der Waals surface area contributed by atoms with Crippen LogP contribution in [0.2, 0.25) is 0 Å². The second-order valence-corrected chi connectivity index (χ2v) is 3.05. The zero-order valence-electron chi connectivity index (χ0n) is 7.94. The van der Waals surface area contributed by atoms with E-state index in [0.29, 0.717) is 0 Å². The monoisotopic (exact) mass is 172 g/mol. The lowest BCUT2D eigenvalue weighted by molar-refractivity contribution is -0.0658. The summed E-state index contributed by atoms with van der Waals surface area (Å²) in [6.45, 7) is 8.69. The van der Waals surface area contributed by atoms with Crippen LogP contribution in [0, 0.1) is 0 Å². The molecule has 1 unspecified atom stereocenters. The zero-order chi connectivity index (χ0) is 8.16. The van der Waals surface area contributed by atoms with Crippen LogP contribution in [0.25, 0.3) is 0 Å². The summed E-state index contributed by atoms with van der Waals surface area (Å²) < 4.78 is 5.72. The van der Waals surface area contributed by atoms with Gasteiger partial charge in [0.05, 0.1) is 12.2 Å². The fourth-order valence-electron chi connectivity index (χ4n) is 1.47. The van der Waals surface area contributed by atoms with Gasteiger partial charge < -0.3 is 16.2 Å².